The van der Waals surface area contributed by atoms with Crippen LogP contribution in [0.5, 0.6) is 0 Å². The van der Waals surface area contributed by atoms with Crippen molar-refractivity contribution in [2.45, 2.75) is 20.3 Å². The van der Waals surface area contributed by atoms with Crippen molar-refractivity contribution in [2.24, 2.45) is 5.92 Å². The van der Waals surface area contributed by atoms with Crippen molar-refractivity contribution in [3.63, 3.8) is 0 Å². The smallest absolute Gasteiger partial charge is 0.196 e. The van der Waals surface area contributed by atoms with Gasteiger partial charge in [0.25, 0.3) is 0 Å². The first-order chi connectivity index (χ1) is 9.58. The molecule has 0 amide bonds. The van der Waals surface area contributed by atoms with Gasteiger partial charge in [0.15, 0.2) is 11.7 Å². The lowest BCUT2D eigenvalue weighted by atomic mass is 10.2. The number of rotatable bonds is 6. The van der Waals surface area contributed by atoms with E-state index in [9.17, 15) is 4.39 Å². The third kappa shape index (κ3) is 3.81. The summed E-state index contributed by atoms with van der Waals surface area (Å²) in [6, 6.07) is 4.55. The molecule has 3 nitrogen and oxygen atoms in total. The fraction of sp³-hybridized carbons (Fsp3) is 0.400. The Kier molecular flexibility index (Phi) is 5.15. The Bertz CT molecular complexity index is 549. The molecule has 20 heavy (non-hydrogen) atoms. The SMILES string of the molecule is CC(C)CNCCc1ncc(-c2c(F)cccc2Cl)o1. The zero-order valence-corrected chi connectivity index (χ0v) is 12.4. The van der Waals surface area contributed by atoms with Crippen molar-refractivity contribution in [3.8, 4) is 11.3 Å². The second-order valence-electron chi connectivity index (χ2n) is 5.06. The van der Waals surface area contributed by atoms with Gasteiger partial charge in [0.1, 0.15) is 5.82 Å². The second kappa shape index (κ2) is 6.86. The Morgan fingerprint density at radius 2 is 2.20 bits per heavy atom. The molecule has 0 aliphatic heterocycles. The number of aromatic nitrogens is 1. The highest BCUT2D eigenvalue weighted by Crippen LogP contribution is 2.30. The molecule has 1 aromatic carbocycles. The Hall–Kier alpha value is -1.39. The van der Waals surface area contributed by atoms with E-state index >= 15 is 0 Å². The molecule has 0 saturated carbocycles. The Morgan fingerprint density at radius 3 is 2.90 bits per heavy atom. The van der Waals surface area contributed by atoms with Crippen LogP contribution in [0.15, 0.2) is 28.8 Å². The minimum atomic E-state index is -0.405. The summed E-state index contributed by atoms with van der Waals surface area (Å²) in [5.74, 6) is 1.15. The van der Waals surface area contributed by atoms with Crippen LogP contribution in [0.4, 0.5) is 4.39 Å². The fourth-order valence-corrected chi connectivity index (χ4v) is 2.12. The van der Waals surface area contributed by atoms with Gasteiger partial charge < -0.3 is 9.73 Å². The zero-order valence-electron chi connectivity index (χ0n) is 11.6. The van der Waals surface area contributed by atoms with E-state index in [2.05, 4.69) is 24.1 Å². The first-order valence-corrected chi connectivity index (χ1v) is 7.05. The van der Waals surface area contributed by atoms with Crippen LogP contribution in [0.3, 0.4) is 0 Å². The van der Waals surface area contributed by atoms with E-state index in [1.807, 2.05) is 0 Å². The number of halogens is 2. The molecule has 0 bridgehead atoms. The van der Waals surface area contributed by atoms with Gasteiger partial charge in [-0.2, -0.15) is 0 Å². The minimum absolute atomic E-state index is 0.267. The molecule has 1 N–H and O–H groups in total. The van der Waals surface area contributed by atoms with E-state index in [1.54, 1.807) is 12.1 Å². The molecule has 1 heterocycles. The second-order valence-corrected chi connectivity index (χ2v) is 5.47. The molecule has 0 fully saturated rings. The van der Waals surface area contributed by atoms with Gasteiger partial charge in [-0.15, -0.1) is 0 Å². The molecule has 5 heteroatoms. The molecule has 2 rings (SSSR count). The van der Waals surface area contributed by atoms with Gasteiger partial charge in [0, 0.05) is 13.0 Å². The lowest BCUT2D eigenvalue weighted by Gasteiger charge is -2.05. The summed E-state index contributed by atoms with van der Waals surface area (Å²) in [7, 11) is 0. The van der Waals surface area contributed by atoms with Crippen molar-refractivity contribution >= 4 is 11.6 Å². The number of nitrogens with zero attached hydrogens (tertiary/aromatic N) is 1. The molecule has 0 aliphatic carbocycles. The Labute approximate surface area is 123 Å². The molecule has 0 unspecified atom stereocenters. The Morgan fingerprint density at radius 1 is 1.40 bits per heavy atom. The van der Waals surface area contributed by atoms with Crippen molar-refractivity contribution in [2.75, 3.05) is 13.1 Å². The minimum Gasteiger partial charge on any atom is -0.441 e. The summed E-state index contributed by atoms with van der Waals surface area (Å²) in [6.45, 7) is 6.03. The van der Waals surface area contributed by atoms with Crippen LogP contribution in [0, 0.1) is 11.7 Å². The lowest BCUT2D eigenvalue weighted by Crippen LogP contribution is -2.22. The summed E-state index contributed by atoms with van der Waals surface area (Å²) < 4.78 is 19.3. The molecule has 0 atom stereocenters. The molecule has 0 spiro atoms. The van der Waals surface area contributed by atoms with Gasteiger partial charge in [-0.1, -0.05) is 31.5 Å². The molecule has 0 saturated heterocycles. The maximum Gasteiger partial charge on any atom is 0.196 e. The number of benzene rings is 1. The van der Waals surface area contributed by atoms with Gasteiger partial charge in [-0.3, -0.25) is 0 Å². The zero-order chi connectivity index (χ0) is 14.5. The van der Waals surface area contributed by atoms with Crippen LogP contribution in [-0.2, 0) is 6.42 Å². The summed E-state index contributed by atoms with van der Waals surface area (Å²) in [6.07, 6.45) is 2.18. The quantitative estimate of drug-likeness (QED) is 0.821. The number of nitrogens with one attached hydrogen (secondary N) is 1. The maximum absolute atomic E-state index is 13.8. The van der Waals surface area contributed by atoms with Gasteiger partial charge >= 0.3 is 0 Å². The van der Waals surface area contributed by atoms with Crippen molar-refractivity contribution in [1.29, 1.82) is 0 Å². The fourth-order valence-electron chi connectivity index (χ4n) is 1.86. The summed E-state index contributed by atoms with van der Waals surface area (Å²) in [5.41, 5.74) is 0.267. The molecular formula is C15H18ClFN2O. The van der Waals surface area contributed by atoms with E-state index < -0.39 is 5.82 Å². The molecule has 1 aromatic heterocycles. The van der Waals surface area contributed by atoms with Crippen molar-refractivity contribution in [3.05, 3.63) is 41.1 Å². The monoisotopic (exact) mass is 296 g/mol. The number of hydrogen-bond acceptors (Lipinski definition) is 3. The molecule has 2 aromatic rings. The van der Waals surface area contributed by atoms with Crippen LogP contribution < -0.4 is 5.32 Å². The lowest BCUT2D eigenvalue weighted by molar-refractivity contribution is 0.480. The predicted molar refractivity (Wildman–Crippen MR) is 78.3 cm³/mol. The van der Waals surface area contributed by atoms with Crippen molar-refractivity contribution < 1.29 is 8.81 Å². The van der Waals surface area contributed by atoms with Crippen LogP contribution in [0.2, 0.25) is 5.02 Å². The van der Waals surface area contributed by atoms with Gasteiger partial charge in [0.2, 0.25) is 0 Å². The summed E-state index contributed by atoms with van der Waals surface area (Å²) in [5, 5.41) is 3.63. The average molecular weight is 297 g/mol. The third-order valence-corrected chi connectivity index (χ3v) is 3.15. The highest BCUT2D eigenvalue weighted by atomic mass is 35.5. The van der Waals surface area contributed by atoms with Crippen LogP contribution in [-0.4, -0.2) is 18.1 Å². The third-order valence-electron chi connectivity index (χ3n) is 2.83. The van der Waals surface area contributed by atoms with E-state index in [-0.39, 0.29) is 5.56 Å². The molecule has 108 valence electrons. The highest BCUT2D eigenvalue weighted by molar-refractivity contribution is 6.33. The maximum atomic E-state index is 13.8. The summed E-state index contributed by atoms with van der Waals surface area (Å²) in [4.78, 5) is 4.16. The largest absolute Gasteiger partial charge is 0.441 e. The predicted octanol–water partition coefficient (Wildman–Crippen LogP) is 3.92. The average Bonchev–Trinajstić information content (AvgIpc) is 2.83. The Balaban J connectivity index is 2.02. The normalized spacial score (nSPS) is 11.2. The standard InChI is InChI=1S/C15H18ClFN2O/c1-10(2)8-18-7-6-14-19-9-13(20-14)15-11(16)4-3-5-12(15)17/h3-5,9-10,18H,6-8H2,1-2H3. The van der Waals surface area contributed by atoms with Crippen LogP contribution >= 0.6 is 11.6 Å². The van der Waals surface area contributed by atoms with Crippen LogP contribution in [0.1, 0.15) is 19.7 Å². The molecule has 0 aliphatic rings. The van der Waals surface area contributed by atoms with Gasteiger partial charge in [0.05, 0.1) is 16.8 Å². The van der Waals surface area contributed by atoms with Crippen LogP contribution in [0.25, 0.3) is 11.3 Å². The van der Waals surface area contributed by atoms with Gasteiger partial charge in [-0.25, -0.2) is 9.37 Å². The molecule has 0 radical (unpaired) electrons. The van der Waals surface area contributed by atoms with E-state index in [0.29, 0.717) is 29.0 Å². The molecular weight excluding hydrogens is 279 g/mol. The first-order valence-electron chi connectivity index (χ1n) is 6.67. The number of hydrogen-bond donors (Lipinski definition) is 1. The first kappa shape index (κ1) is 15.0. The topological polar surface area (TPSA) is 38.1 Å². The number of oxazole rings is 1. The highest BCUT2D eigenvalue weighted by Gasteiger charge is 2.14. The van der Waals surface area contributed by atoms with E-state index in [0.717, 1.165) is 13.1 Å². The van der Waals surface area contributed by atoms with E-state index in [1.165, 1.54) is 12.3 Å². The summed E-state index contributed by atoms with van der Waals surface area (Å²) >= 11 is 5.99. The van der Waals surface area contributed by atoms with Crippen molar-refractivity contribution in [1.82, 2.24) is 10.3 Å². The van der Waals surface area contributed by atoms with Gasteiger partial charge in [-0.05, 0) is 24.6 Å². The van der Waals surface area contributed by atoms with E-state index in [4.69, 9.17) is 16.0 Å².